The van der Waals surface area contributed by atoms with Gasteiger partial charge in [-0.05, 0) is 17.7 Å². The van der Waals surface area contributed by atoms with Crippen molar-refractivity contribution in [3.05, 3.63) is 41.9 Å². The Hall–Kier alpha value is -1.35. The highest BCUT2D eigenvalue weighted by atomic mass is 16.1. The molecule has 0 fully saturated rings. The van der Waals surface area contributed by atoms with E-state index in [0.717, 1.165) is 19.5 Å². The van der Waals surface area contributed by atoms with Gasteiger partial charge in [0.1, 0.15) is 0 Å². The van der Waals surface area contributed by atoms with Gasteiger partial charge in [0, 0.05) is 17.5 Å². The minimum absolute atomic E-state index is 0.357. The highest BCUT2D eigenvalue weighted by Gasteiger charge is 2.14. The van der Waals surface area contributed by atoms with Gasteiger partial charge in [-0.15, -0.1) is 0 Å². The van der Waals surface area contributed by atoms with E-state index >= 15 is 0 Å². The van der Waals surface area contributed by atoms with Gasteiger partial charge in [-0.1, -0.05) is 6.07 Å². The molecule has 0 bridgehead atoms. The predicted octanol–water partition coefficient (Wildman–Crippen LogP) is -0.482. The van der Waals surface area contributed by atoms with Crippen LogP contribution in [0.15, 0.2) is 18.2 Å². The summed E-state index contributed by atoms with van der Waals surface area (Å²) in [4.78, 5) is 12.2. The molecular formula is C11H14N2O. The highest BCUT2D eigenvalue weighted by molar-refractivity contribution is 5.93. The van der Waals surface area contributed by atoms with E-state index in [0.29, 0.717) is 5.56 Å². The quantitative estimate of drug-likeness (QED) is 0.577. The van der Waals surface area contributed by atoms with Crippen molar-refractivity contribution in [2.75, 3.05) is 6.54 Å². The number of nitrogens with two attached hydrogens (primary N) is 1. The molecule has 2 rings (SSSR count). The first-order valence-electron chi connectivity index (χ1n) is 4.75. The second-order valence-electron chi connectivity index (χ2n) is 3.77. The molecule has 14 heavy (non-hydrogen) atoms. The van der Waals surface area contributed by atoms with Crippen molar-refractivity contribution in [1.82, 2.24) is 0 Å². The standard InChI is InChI=1S/C11H14N2O/c1-13-5-4-8-2-3-9(11(12)14)6-10(8)7-13/h2-3,6,13H,1,4-5,7H2,(H2,12,14). The molecule has 1 aromatic carbocycles. The van der Waals surface area contributed by atoms with Crippen molar-refractivity contribution in [1.29, 1.82) is 0 Å². The number of hydrogen-bond donors (Lipinski definition) is 2. The summed E-state index contributed by atoms with van der Waals surface area (Å²) in [5.41, 5.74) is 8.34. The molecule has 0 spiro atoms. The fraction of sp³-hybridized carbons (Fsp3) is 0.273. The van der Waals surface area contributed by atoms with E-state index in [1.165, 1.54) is 16.0 Å². The third kappa shape index (κ3) is 1.63. The molecule has 0 radical (unpaired) electrons. The van der Waals surface area contributed by atoms with Crippen LogP contribution in [0.25, 0.3) is 0 Å². The lowest BCUT2D eigenvalue weighted by molar-refractivity contribution is -0.870. The van der Waals surface area contributed by atoms with Gasteiger partial charge in [0.25, 0.3) is 0 Å². The Labute approximate surface area is 83.5 Å². The van der Waals surface area contributed by atoms with Gasteiger partial charge in [0.05, 0.1) is 13.1 Å². The van der Waals surface area contributed by atoms with Crippen molar-refractivity contribution in [3.63, 3.8) is 0 Å². The molecule has 1 amide bonds. The first-order valence-corrected chi connectivity index (χ1v) is 4.75. The van der Waals surface area contributed by atoms with Crippen LogP contribution in [0.2, 0.25) is 0 Å². The minimum atomic E-state index is -0.357. The number of fused-ring (bicyclic) bond motifs is 1. The molecule has 0 saturated carbocycles. The Morgan fingerprint density at radius 2 is 2.21 bits per heavy atom. The second kappa shape index (κ2) is 3.42. The van der Waals surface area contributed by atoms with E-state index in [1.807, 2.05) is 12.1 Å². The first kappa shape index (κ1) is 9.21. The average molecular weight is 190 g/mol. The summed E-state index contributed by atoms with van der Waals surface area (Å²) in [6.07, 6.45) is 1.03. The molecule has 1 unspecified atom stereocenters. The van der Waals surface area contributed by atoms with E-state index in [4.69, 9.17) is 5.73 Å². The number of nitrogens with one attached hydrogen (secondary N) is 1. The lowest BCUT2D eigenvalue weighted by Crippen LogP contribution is -3.06. The normalized spacial score (nSPS) is 20.2. The lowest BCUT2D eigenvalue weighted by Gasteiger charge is -2.27. The lowest BCUT2D eigenvalue weighted by atomic mass is 9.97. The fourth-order valence-electron chi connectivity index (χ4n) is 1.86. The molecule has 1 aromatic rings. The maximum absolute atomic E-state index is 11.0. The molecule has 3 N–H and O–H groups in total. The van der Waals surface area contributed by atoms with Crippen LogP contribution in [0.3, 0.4) is 0 Å². The smallest absolute Gasteiger partial charge is 0.248 e. The van der Waals surface area contributed by atoms with Crippen molar-refractivity contribution in [3.8, 4) is 0 Å². The Kier molecular flexibility index (Phi) is 2.25. The number of carbonyl (C=O) groups is 1. The van der Waals surface area contributed by atoms with Gasteiger partial charge < -0.3 is 10.6 Å². The molecular weight excluding hydrogens is 176 g/mol. The van der Waals surface area contributed by atoms with Crippen molar-refractivity contribution < 1.29 is 9.69 Å². The van der Waals surface area contributed by atoms with Crippen LogP contribution in [0.5, 0.6) is 0 Å². The SMILES string of the molecule is [CH2-][NH+]1CCc2ccc(C(N)=O)cc2C1. The first-order chi connectivity index (χ1) is 6.66. The topological polar surface area (TPSA) is 47.5 Å². The number of hydrogen-bond acceptors (Lipinski definition) is 1. The molecule has 74 valence electrons. The van der Waals surface area contributed by atoms with Gasteiger partial charge >= 0.3 is 0 Å². The predicted molar refractivity (Wildman–Crippen MR) is 53.6 cm³/mol. The molecule has 0 saturated heterocycles. The van der Waals surface area contributed by atoms with Crippen molar-refractivity contribution in [2.24, 2.45) is 5.73 Å². The van der Waals surface area contributed by atoms with Gasteiger partial charge in [-0.2, -0.15) is 7.05 Å². The molecule has 0 aliphatic carbocycles. The van der Waals surface area contributed by atoms with Crippen LogP contribution in [0.1, 0.15) is 21.5 Å². The zero-order valence-corrected chi connectivity index (χ0v) is 8.05. The van der Waals surface area contributed by atoms with E-state index < -0.39 is 0 Å². The molecule has 3 nitrogen and oxygen atoms in total. The summed E-state index contributed by atoms with van der Waals surface area (Å²) in [7, 11) is 3.97. The van der Waals surface area contributed by atoms with E-state index in [9.17, 15) is 4.79 Å². The third-order valence-electron chi connectivity index (χ3n) is 2.68. The zero-order valence-electron chi connectivity index (χ0n) is 8.05. The summed E-state index contributed by atoms with van der Waals surface area (Å²) in [5.74, 6) is -0.357. The van der Waals surface area contributed by atoms with E-state index in [-0.39, 0.29) is 5.91 Å². The van der Waals surface area contributed by atoms with Gasteiger partial charge in [0.2, 0.25) is 5.91 Å². The Morgan fingerprint density at radius 3 is 2.93 bits per heavy atom. The minimum Gasteiger partial charge on any atom is -0.464 e. The Morgan fingerprint density at radius 1 is 1.43 bits per heavy atom. The van der Waals surface area contributed by atoms with Crippen LogP contribution in [0, 0.1) is 7.05 Å². The van der Waals surface area contributed by atoms with Crippen LogP contribution < -0.4 is 10.6 Å². The number of quaternary nitrogens is 1. The molecule has 1 aliphatic rings. The average Bonchev–Trinajstić information content (AvgIpc) is 2.16. The number of carbonyl (C=O) groups excluding carboxylic acids is 1. The van der Waals surface area contributed by atoms with Gasteiger partial charge in [0.15, 0.2) is 0 Å². The maximum Gasteiger partial charge on any atom is 0.248 e. The van der Waals surface area contributed by atoms with Crippen molar-refractivity contribution in [2.45, 2.75) is 13.0 Å². The molecule has 1 aliphatic heterocycles. The van der Waals surface area contributed by atoms with E-state index in [1.54, 1.807) is 6.07 Å². The largest absolute Gasteiger partial charge is 0.464 e. The number of rotatable bonds is 1. The zero-order chi connectivity index (χ0) is 10.1. The summed E-state index contributed by atoms with van der Waals surface area (Å²) in [6, 6.07) is 5.69. The van der Waals surface area contributed by atoms with Crippen LogP contribution >= 0.6 is 0 Å². The molecule has 1 heterocycles. The molecule has 3 heteroatoms. The summed E-state index contributed by atoms with van der Waals surface area (Å²) in [5, 5.41) is 0. The van der Waals surface area contributed by atoms with Crippen LogP contribution in [-0.2, 0) is 13.0 Å². The van der Waals surface area contributed by atoms with E-state index in [2.05, 4.69) is 7.05 Å². The van der Waals surface area contributed by atoms with Crippen molar-refractivity contribution >= 4 is 5.91 Å². The maximum atomic E-state index is 11.0. The fourth-order valence-corrected chi connectivity index (χ4v) is 1.86. The third-order valence-corrected chi connectivity index (χ3v) is 2.68. The summed E-state index contributed by atoms with van der Waals surface area (Å²) in [6.45, 7) is 1.94. The highest BCUT2D eigenvalue weighted by Crippen LogP contribution is 2.13. The van der Waals surface area contributed by atoms with Gasteiger partial charge in [-0.25, -0.2) is 0 Å². The second-order valence-corrected chi connectivity index (χ2v) is 3.77. The van der Waals surface area contributed by atoms with Gasteiger partial charge in [-0.3, -0.25) is 4.79 Å². The summed E-state index contributed by atoms with van der Waals surface area (Å²) < 4.78 is 0. The van der Waals surface area contributed by atoms with Crippen LogP contribution in [-0.4, -0.2) is 12.5 Å². The summed E-state index contributed by atoms with van der Waals surface area (Å²) >= 11 is 0. The molecule has 0 aromatic heterocycles. The number of primary amides is 1. The Balaban J connectivity index is 2.37. The monoisotopic (exact) mass is 190 g/mol. The Bertz CT molecular complexity index is 374. The molecule has 1 atom stereocenters. The number of amides is 1. The van der Waals surface area contributed by atoms with Crippen LogP contribution in [0.4, 0.5) is 0 Å². The number of benzene rings is 1.